The zero-order valence-corrected chi connectivity index (χ0v) is 20.8. The fraction of sp³-hybridized carbons (Fsp3) is 0.222. The van der Waals surface area contributed by atoms with Gasteiger partial charge in [-0.15, -0.1) is 0 Å². The lowest BCUT2D eigenvalue weighted by Crippen LogP contribution is -2.32. The quantitative estimate of drug-likeness (QED) is 0.291. The van der Waals surface area contributed by atoms with Crippen molar-refractivity contribution in [1.29, 1.82) is 0 Å². The Hall–Kier alpha value is -2.85. The number of para-hydroxylation sites is 2. The van der Waals surface area contributed by atoms with Crippen LogP contribution in [0.5, 0.6) is 0 Å². The van der Waals surface area contributed by atoms with Gasteiger partial charge in [-0.1, -0.05) is 66.7 Å². The van der Waals surface area contributed by atoms with Crippen LogP contribution in [0.2, 0.25) is 5.02 Å². The summed E-state index contributed by atoms with van der Waals surface area (Å²) in [5, 5.41) is 1.11. The van der Waals surface area contributed by atoms with Gasteiger partial charge in [-0.25, -0.2) is 0 Å². The van der Waals surface area contributed by atoms with E-state index in [9.17, 15) is 9.69 Å². The molecule has 1 saturated heterocycles. The number of anilines is 2. The summed E-state index contributed by atoms with van der Waals surface area (Å²) in [6.45, 7) is 7.62. The van der Waals surface area contributed by atoms with Gasteiger partial charge in [-0.05, 0) is 55.3 Å². The van der Waals surface area contributed by atoms with Gasteiger partial charge in [0.15, 0.2) is 7.79 Å². The van der Waals surface area contributed by atoms with Crippen molar-refractivity contribution in [3.8, 4) is 0 Å². The standard InChI is InChI=1S/C27H29ClN2O3P/c1-3-33-27(31)26(20-22-14-16-23(28)17-15-22)21(2)34(32)29(24-10-6-4-7-11-24)18-19-30(34)25-12-8-5-9-13-25/h4-17,26,32H,2-3,18-20H2,1H3. The van der Waals surface area contributed by atoms with Gasteiger partial charge in [-0.2, -0.15) is 0 Å². The maximum absolute atomic E-state index is 13.2. The molecule has 1 fully saturated rings. The van der Waals surface area contributed by atoms with Gasteiger partial charge in [-0.3, -0.25) is 4.79 Å². The lowest BCUT2D eigenvalue weighted by Gasteiger charge is -2.45. The average Bonchev–Trinajstić information content (AvgIpc) is 3.22. The number of esters is 1. The van der Waals surface area contributed by atoms with Crippen LogP contribution in [0.1, 0.15) is 12.5 Å². The Morgan fingerprint density at radius 1 is 0.971 bits per heavy atom. The molecule has 177 valence electrons. The summed E-state index contributed by atoms with van der Waals surface area (Å²) < 4.78 is 9.47. The Morgan fingerprint density at radius 2 is 1.47 bits per heavy atom. The number of ether oxygens (including phenoxy) is 1. The molecule has 3 aromatic carbocycles. The Kier molecular flexibility index (Phi) is 7.57. The van der Waals surface area contributed by atoms with Gasteiger partial charge in [0.1, 0.15) is 0 Å². The first-order chi connectivity index (χ1) is 16.4. The first kappa shape index (κ1) is 24.3. The molecular weight excluding hydrogens is 467 g/mol. The van der Waals surface area contributed by atoms with E-state index in [1.807, 2.05) is 82.1 Å². The zero-order valence-electron chi connectivity index (χ0n) is 19.2. The third-order valence-electron chi connectivity index (χ3n) is 6.02. The minimum Gasteiger partial charge on any atom is -0.466 e. The lowest BCUT2D eigenvalue weighted by atomic mass is 9.99. The molecule has 4 rings (SSSR count). The second-order valence-electron chi connectivity index (χ2n) is 8.11. The molecule has 0 aromatic heterocycles. The number of carbonyl (C=O) groups is 1. The summed E-state index contributed by atoms with van der Waals surface area (Å²) in [5.41, 5.74) is 2.71. The minimum atomic E-state index is -3.21. The first-order valence-electron chi connectivity index (χ1n) is 11.3. The van der Waals surface area contributed by atoms with Gasteiger partial charge in [0.05, 0.1) is 12.5 Å². The zero-order chi connectivity index (χ0) is 24.1. The molecule has 1 N–H and O–H groups in total. The summed E-state index contributed by atoms with van der Waals surface area (Å²) in [7, 11) is -3.21. The van der Waals surface area contributed by atoms with E-state index >= 15 is 0 Å². The molecule has 34 heavy (non-hydrogen) atoms. The van der Waals surface area contributed by atoms with E-state index in [-0.39, 0.29) is 12.6 Å². The van der Waals surface area contributed by atoms with Gasteiger partial charge >= 0.3 is 5.97 Å². The topological polar surface area (TPSA) is 53.0 Å². The summed E-state index contributed by atoms with van der Waals surface area (Å²) in [6.07, 6.45) is 0.363. The number of halogens is 1. The molecule has 0 saturated carbocycles. The maximum atomic E-state index is 13.2. The van der Waals surface area contributed by atoms with Crippen LogP contribution in [0.3, 0.4) is 0 Å². The van der Waals surface area contributed by atoms with Gasteiger partial charge in [0.2, 0.25) is 0 Å². The van der Waals surface area contributed by atoms with Gasteiger partial charge in [0.25, 0.3) is 0 Å². The number of rotatable bonds is 8. The average molecular weight is 496 g/mol. The number of carbonyl (C=O) groups excluding carboxylic acids is 1. The van der Waals surface area contributed by atoms with E-state index in [0.717, 1.165) is 16.9 Å². The fourth-order valence-electron chi connectivity index (χ4n) is 4.33. The van der Waals surface area contributed by atoms with Crippen molar-refractivity contribution in [2.24, 2.45) is 5.92 Å². The van der Waals surface area contributed by atoms with Crippen LogP contribution in [0, 0.1) is 5.92 Å². The Bertz CT molecular complexity index is 1080. The van der Waals surface area contributed by atoms with Gasteiger partial charge < -0.3 is 19.0 Å². The maximum Gasteiger partial charge on any atom is 0.313 e. The van der Waals surface area contributed by atoms with E-state index < -0.39 is 13.7 Å². The molecule has 7 heteroatoms. The molecule has 1 radical (unpaired) electrons. The second kappa shape index (κ2) is 10.6. The Balaban J connectivity index is 1.78. The molecule has 0 aliphatic carbocycles. The van der Waals surface area contributed by atoms with Crippen LogP contribution in [-0.4, -0.2) is 30.6 Å². The predicted molar refractivity (Wildman–Crippen MR) is 141 cm³/mol. The molecule has 1 aliphatic rings. The summed E-state index contributed by atoms with van der Waals surface area (Å²) in [4.78, 5) is 25.7. The van der Waals surface area contributed by atoms with Crippen molar-refractivity contribution in [3.63, 3.8) is 0 Å². The van der Waals surface area contributed by atoms with E-state index in [1.54, 1.807) is 19.1 Å². The molecule has 0 spiro atoms. The third-order valence-corrected chi connectivity index (χ3v) is 9.56. The fourth-order valence-corrected chi connectivity index (χ4v) is 7.60. The van der Waals surface area contributed by atoms with E-state index in [1.165, 1.54) is 0 Å². The van der Waals surface area contributed by atoms with E-state index in [2.05, 4.69) is 6.58 Å². The van der Waals surface area contributed by atoms with Crippen molar-refractivity contribution in [2.75, 3.05) is 29.0 Å². The Labute approximate surface area is 206 Å². The highest BCUT2D eigenvalue weighted by molar-refractivity contribution is 7.77. The number of nitrogens with zero attached hydrogens (tertiary/aromatic N) is 2. The van der Waals surface area contributed by atoms with Crippen molar-refractivity contribution in [3.05, 3.63) is 107 Å². The highest BCUT2D eigenvalue weighted by Crippen LogP contribution is 2.73. The third kappa shape index (κ3) is 4.83. The minimum absolute atomic E-state index is 0.255. The summed E-state index contributed by atoms with van der Waals surface area (Å²) in [5.74, 6) is -1.10. The smallest absolute Gasteiger partial charge is 0.313 e. The van der Waals surface area contributed by atoms with E-state index in [4.69, 9.17) is 16.3 Å². The van der Waals surface area contributed by atoms with E-state index in [0.29, 0.717) is 29.8 Å². The number of benzene rings is 3. The Morgan fingerprint density at radius 3 is 1.94 bits per heavy atom. The molecule has 0 bridgehead atoms. The largest absolute Gasteiger partial charge is 0.466 e. The highest BCUT2D eigenvalue weighted by atomic mass is 35.5. The van der Waals surface area contributed by atoms with Gasteiger partial charge in [0, 0.05) is 34.8 Å². The van der Waals surface area contributed by atoms with Crippen LogP contribution >= 0.6 is 19.4 Å². The molecule has 5 nitrogen and oxygen atoms in total. The molecule has 1 unspecified atom stereocenters. The van der Waals surface area contributed by atoms with Crippen LogP contribution in [0.4, 0.5) is 11.4 Å². The van der Waals surface area contributed by atoms with Crippen molar-refractivity contribution < 1.29 is 14.4 Å². The van der Waals surface area contributed by atoms with Crippen molar-refractivity contribution >= 4 is 36.7 Å². The molecule has 1 heterocycles. The van der Waals surface area contributed by atoms with Crippen molar-refractivity contribution in [2.45, 2.75) is 13.3 Å². The lowest BCUT2D eigenvalue weighted by molar-refractivity contribution is -0.146. The molecule has 1 aliphatic heterocycles. The molecule has 1 atom stereocenters. The van der Waals surface area contributed by atoms with Crippen molar-refractivity contribution in [1.82, 2.24) is 0 Å². The molecule has 3 aromatic rings. The normalized spacial score (nSPS) is 15.7. The first-order valence-corrected chi connectivity index (χ1v) is 13.4. The summed E-state index contributed by atoms with van der Waals surface area (Å²) in [6, 6.07) is 27.0. The second-order valence-corrected chi connectivity index (χ2v) is 11.2. The predicted octanol–water partition coefficient (Wildman–Crippen LogP) is 6.36. The molecule has 0 amide bonds. The van der Waals surface area contributed by atoms with Crippen LogP contribution < -0.4 is 9.34 Å². The van der Waals surface area contributed by atoms with Crippen LogP contribution in [0.15, 0.2) is 96.8 Å². The van der Waals surface area contributed by atoms with Crippen LogP contribution in [0.25, 0.3) is 0 Å². The highest BCUT2D eigenvalue weighted by Gasteiger charge is 2.50. The molecular formula is C27H29ClN2O3P. The summed E-state index contributed by atoms with van der Waals surface area (Å²) >= 11 is 6.07. The number of hydrogen-bond acceptors (Lipinski definition) is 5. The monoisotopic (exact) mass is 495 g/mol. The van der Waals surface area contributed by atoms with Crippen LogP contribution in [-0.2, 0) is 16.0 Å². The SMILES string of the molecule is C=C(C(Cc1ccc(Cl)cc1)C(=O)OCC)[P]1(O)N(c2ccccc2)CCN1c1ccccc1. The number of hydrogen-bond donors (Lipinski definition) is 1.